The molecule has 0 radical (unpaired) electrons. The third-order valence-corrected chi connectivity index (χ3v) is 2.58. The Morgan fingerprint density at radius 3 is 2.79 bits per heavy atom. The number of ether oxygens (including phenoxy) is 1. The van der Waals surface area contributed by atoms with Crippen LogP contribution in [0.4, 0.5) is 0 Å². The fourth-order valence-electron chi connectivity index (χ4n) is 1.55. The zero-order chi connectivity index (χ0) is 13.9. The Morgan fingerprint density at radius 1 is 1.37 bits per heavy atom. The lowest BCUT2D eigenvalue weighted by atomic mass is 9.93. The van der Waals surface area contributed by atoms with E-state index in [1.807, 2.05) is 12.3 Å². The largest absolute Gasteiger partial charge is 0.474 e. The molecule has 6 nitrogen and oxygen atoms in total. The maximum atomic E-state index is 8.72. The molecule has 19 heavy (non-hydrogen) atoms. The van der Waals surface area contributed by atoms with Crippen LogP contribution < -0.4 is 4.74 Å². The van der Waals surface area contributed by atoms with Crippen LogP contribution in [0, 0.1) is 0 Å². The number of hydrogen-bond acceptors (Lipinski definition) is 5. The molecule has 0 fully saturated rings. The second-order valence-electron chi connectivity index (χ2n) is 5.22. The molecule has 0 aliphatic rings. The predicted molar refractivity (Wildman–Crippen MR) is 70.4 cm³/mol. The first-order valence-electron chi connectivity index (χ1n) is 6.13. The van der Waals surface area contributed by atoms with Crippen molar-refractivity contribution in [3.8, 4) is 11.6 Å². The van der Waals surface area contributed by atoms with Gasteiger partial charge in [0, 0.05) is 17.7 Å². The van der Waals surface area contributed by atoms with E-state index in [0.717, 1.165) is 11.4 Å². The SMILES string of the molecule is CC(C)(C)c1ccn(-c2cnnc(OCCO)c2)n1. The van der Waals surface area contributed by atoms with Crippen molar-refractivity contribution in [3.63, 3.8) is 0 Å². The minimum atomic E-state index is -0.0537. The summed E-state index contributed by atoms with van der Waals surface area (Å²) in [6.45, 7) is 6.48. The lowest BCUT2D eigenvalue weighted by molar-refractivity contribution is 0.195. The topological polar surface area (TPSA) is 73.1 Å². The standard InChI is InChI=1S/C13H18N4O2/c1-13(2,3)11-4-5-17(16-11)10-8-12(15-14-9-10)19-7-6-18/h4-5,8-9,18H,6-7H2,1-3H3. The highest BCUT2D eigenvalue weighted by molar-refractivity contribution is 5.31. The lowest BCUT2D eigenvalue weighted by Crippen LogP contribution is -2.12. The Bertz CT molecular complexity index is 546. The van der Waals surface area contributed by atoms with Gasteiger partial charge in [-0.1, -0.05) is 20.8 Å². The van der Waals surface area contributed by atoms with E-state index in [2.05, 4.69) is 36.1 Å². The highest BCUT2D eigenvalue weighted by Crippen LogP contribution is 2.21. The highest BCUT2D eigenvalue weighted by atomic mass is 16.5. The molecule has 0 aromatic carbocycles. The van der Waals surface area contributed by atoms with Crippen molar-refractivity contribution in [2.24, 2.45) is 0 Å². The van der Waals surface area contributed by atoms with Crippen LogP contribution >= 0.6 is 0 Å². The predicted octanol–water partition coefficient (Wildman–Crippen LogP) is 1.33. The second kappa shape index (κ2) is 5.36. The molecule has 0 aliphatic carbocycles. The van der Waals surface area contributed by atoms with E-state index in [9.17, 15) is 0 Å². The van der Waals surface area contributed by atoms with Crippen LogP contribution in [0.25, 0.3) is 5.69 Å². The zero-order valence-electron chi connectivity index (χ0n) is 11.4. The van der Waals surface area contributed by atoms with Gasteiger partial charge in [0.15, 0.2) is 0 Å². The minimum Gasteiger partial charge on any atom is -0.474 e. The van der Waals surface area contributed by atoms with Crippen molar-refractivity contribution in [2.45, 2.75) is 26.2 Å². The lowest BCUT2D eigenvalue weighted by Gasteiger charge is -2.14. The highest BCUT2D eigenvalue weighted by Gasteiger charge is 2.17. The average Bonchev–Trinajstić information content (AvgIpc) is 2.86. The van der Waals surface area contributed by atoms with Gasteiger partial charge in [0.25, 0.3) is 0 Å². The molecule has 102 valence electrons. The molecule has 0 bridgehead atoms. The van der Waals surface area contributed by atoms with E-state index in [4.69, 9.17) is 9.84 Å². The van der Waals surface area contributed by atoms with Crippen molar-refractivity contribution in [1.29, 1.82) is 0 Å². The van der Waals surface area contributed by atoms with Gasteiger partial charge in [-0.15, -0.1) is 5.10 Å². The van der Waals surface area contributed by atoms with Gasteiger partial charge in [0.2, 0.25) is 5.88 Å². The fourth-order valence-corrected chi connectivity index (χ4v) is 1.55. The van der Waals surface area contributed by atoms with E-state index in [-0.39, 0.29) is 18.6 Å². The Balaban J connectivity index is 2.24. The molecule has 0 amide bonds. The molecule has 2 aromatic heterocycles. The van der Waals surface area contributed by atoms with Gasteiger partial charge < -0.3 is 9.84 Å². The van der Waals surface area contributed by atoms with Crippen molar-refractivity contribution in [1.82, 2.24) is 20.0 Å². The molecule has 0 saturated carbocycles. The molecule has 2 rings (SSSR count). The van der Waals surface area contributed by atoms with Gasteiger partial charge in [-0.05, 0) is 6.07 Å². The number of aliphatic hydroxyl groups excluding tert-OH is 1. The first-order chi connectivity index (χ1) is 9.00. The third-order valence-electron chi connectivity index (χ3n) is 2.58. The van der Waals surface area contributed by atoms with E-state index >= 15 is 0 Å². The van der Waals surface area contributed by atoms with Crippen LogP contribution in [-0.2, 0) is 5.41 Å². The van der Waals surface area contributed by atoms with Gasteiger partial charge in [-0.25, -0.2) is 4.68 Å². The van der Waals surface area contributed by atoms with Crippen LogP contribution in [-0.4, -0.2) is 38.3 Å². The van der Waals surface area contributed by atoms with Crippen molar-refractivity contribution < 1.29 is 9.84 Å². The number of rotatable bonds is 4. The van der Waals surface area contributed by atoms with E-state index in [0.29, 0.717) is 5.88 Å². The number of aromatic nitrogens is 4. The van der Waals surface area contributed by atoms with Crippen LogP contribution in [0.1, 0.15) is 26.5 Å². The molecule has 1 N–H and O–H groups in total. The Morgan fingerprint density at radius 2 is 2.16 bits per heavy atom. The maximum Gasteiger partial charge on any atom is 0.235 e. The van der Waals surface area contributed by atoms with Crippen molar-refractivity contribution in [3.05, 3.63) is 30.2 Å². The summed E-state index contributed by atoms with van der Waals surface area (Å²) >= 11 is 0. The van der Waals surface area contributed by atoms with Gasteiger partial charge in [-0.3, -0.25) is 0 Å². The van der Waals surface area contributed by atoms with Gasteiger partial charge in [0.1, 0.15) is 6.61 Å². The summed E-state index contributed by atoms with van der Waals surface area (Å²) in [5.74, 6) is 0.374. The molecular formula is C13H18N4O2. The molecule has 2 heterocycles. The molecule has 0 aliphatic heterocycles. The van der Waals surface area contributed by atoms with E-state index in [1.54, 1.807) is 16.9 Å². The summed E-state index contributed by atoms with van der Waals surface area (Å²) in [6, 6.07) is 3.72. The van der Waals surface area contributed by atoms with Gasteiger partial charge >= 0.3 is 0 Å². The fraction of sp³-hybridized carbons (Fsp3) is 0.462. The van der Waals surface area contributed by atoms with Crippen LogP contribution in [0.3, 0.4) is 0 Å². The normalized spacial score (nSPS) is 11.6. The van der Waals surface area contributed by atoms with Gasteiger partial charge in [-0.2, -0.15) is 10.2 Å². The Labute approximate surface area is 112 Å². The van der Waals surface area contributed by atoms with Crippen LogP contribution in [0.2, 0.25) is 0 Å². The third kappa shape index (κ3) is 3.29. The second-order valence-corrected chi connectivity index (χ2v) is 5.22. The Hall–Kier alpha value is -1.95. The summed E-state index contributed by atoms with van der Waals surface area (Å²) in [5, 5.41) is 20.9. The number of nitrogens with zero attached hydrogens (tertiary/aromatic N) is 4. The summed E-state index contributed by atoms with van der Waals surface area (Å²) in [6.07, 6.45) is 3.50. The van der Waals surface area contributed by atoms with Gasteiger partial charge in [0.05, 0.1) is 24.2 Å². The molecule has 0 unspecified atom stereocenters. The molecule has 2 aromatic rings. The zero-order valence-corrected chi connectivity index (χ0v) is 11.4. The van der Waals surface area contributed by atoms with Crippen LogP contribution in [0.5, 0.6) is 5.88 Å². The molecule has 0 saturated heterocycles. The summed E-state index contributed by atoms with van der Waals surface area (Å²) in [7, 11) is 0. The number of aliphatic hydroxyl groups is 1. The van der Waals surface area contributed by atoms with Crippen LogP contribution in [0.15, 0.2) is 24.5 Å². The monoisotopic (exact) mass is 262 g/mol. The van der Waals surface area contributed by atoms with E-state index in [1.165, 1.54) is 0 Å². The van der Waals surface area contributed by atoms with E-state index < -0.39 is 0 Å². The average molecular weight is 262 g/mol. The first kappa shape index (κ1) is 13.5. The molecule has 6 heteroatoms. The Kier molecular flexibility index (Phi) is 3.80. The summed E-state index contributed by atoms with van der Waals surface area (Å²) in [5.41, 5.74) is 1.78. The molecule has 0 spiro atoms. The minimum absolute atomic E-state index is 0.00191. The summed E-state index contributed by atoms with van der Waals surface area (Å²) < 4.78 is 6.96. The quantitative estimate of drug-likeness (QED) is 0.900. The first-order valence-corrected chi connectivity index (χ1v) is 6.13. The van der Waals surface area contributed by atoms with Crippen molar-refractivity contribution in [2.75, 3.05) is 13.2 Å². The molecule has 0 atom stereocenters. The smallest absolute Gasteiger partial charge is 0.235 e. The molecular weight excluding hydrogens is 244 g/mol. The number of hydrogen-bond donors (Lipinski definition) is 1. The maximum absolute atomic E-state index is 8.72. The summed E-state index contributed by atoms with van der Waals surface area (Å²) in [4.78, 5) is 0. The van der Waals surface area contributed by atoms with Crippen molar-refractivity contribution >= 4 is 0 Å².